The number of oxazole rings is 1. The molecule has 1 amide bonds. The van der Waals surface area contributed by atoms with Crippen molar-refractivity contribution in [3.8, 4) is 0 Å². The van der Waals surface area contributed by atoms with E-state index in [9.17, 15) is 9.59 Å². The highest BCUT2D eigenvalue weighted by atomic mass is 16.5. The van der Waals surface area contributed by atoms with E-state index in [-0.39, 0.29) is 12.4 Å². The lowest BCUT2D eigenvalue weighted by atomic mass is 10.1. The van der Waals surface area contributed by atoms with Crippen LogP contribution in [0.4, 0.5) is 5.69 Å². The quantitative estimate of drug-likeness (QED) is 0.875. The number of benzene rings is 1. The van der Waals surface area contributed by atoms with Crippen LogP contribution in [0.25, 0.3) is 0 Å². The molecular weight excluding hydrogens is 272 g/mol. The monoisotopic (exact) mass is 288 g/mol. The zero-order valence-corrected chi connectivity index (χ0v) is 12.1. The lowest BCUT2D eigenvalue weighted by Crippen LogP contribution is -2.16. The summed E-state index contributed by atoms with van der Waals surface area (Å²) in [7, 11) is 0. The number of carbonyl (C=O) groups is 2. The zero-order chi connectivity index (χ0) is 15.4. The van der Waals surface area contributed by atoms with Gasteiger partial charge >= 0.3 is 5.97 Å². The second kappa shape index (κ2) is 6.21. The van der Waals surface area contributed by atoms with E-state index < -0.39 is 11.9 Å². The molecule has 1 aromatic heterocycles. The van der Waals surface area contributed by atoms with Crippen LogP contribution in [0.1, 0.15) is 39.4 Å². The number of aromatic nitrogens is 1. The van der Waals surface area contributed by atoms with E-state index in [1.807, 2.05) is 0 Å². The van der Waals surface area contributed by atoms with E-state index in [0.717, 1.165) is 0 Å². The standard InChI is InChI=1S/C15H16N2O4/c1-4-20-15(19)11-7-5-6-8-12(11)17-14(18)13-9(2)16-10(3)21-13/h5-8H,4H2,1-3H3,(H,17,18). The SMILES string of the molecule is CCOC(=O)c1ccccc1NC(=O)c1oc(C)nc1C. The minimum Gasteiger partial charge on any atom is -0.462 e. The Morgan fingerprint density at radius 1 is 1.29 bits per heavy atom. The van der Waals surface area contributed by atoms with Crippen LogP contribution in [0.15, 0.2) is 28.7 Å². The number of para-hydroxylation sites is 1. The first kappa shape index (κ1) is 14.8. The van der Waals surface area contributed by atoms with Crippen LogP contribution in [-0.4, -0.2) is 23.5 Å². The maximum Gasteiger partial charge on any atom is 0.340 e. The molecule has 0 bridgehead atoms. The molecular formula is C15H16N2O4. The van der Waals surface area contributed by atoms with Crippen molar-refractivity contribution in [1.29, 1.82) is 0 Å². The number of esters is 1. The average Bonchev–Trinajstić information content (AvgIpc) is 2.78. The molecule has 0 saturated carbocycles. The molecule has 21 heavy (non-hydrogen) atoms. The van der Waals surface area contributed by atoms with Gasteiger partial charge in [-0.2, -0.15) is 0 Å². The van der Waals surface area contributed by atoms with Gasteiger partial charge in [-0.25, -0.2) is 9.78 Å². The summed E-state index contributed by atoms with van der Waals surface area (Å²) in [6.07, 6.45) is 0. The van der Waals surface area contributed by atoms with Gasteiger partial charge in [0.1, 0.15) is 0 Å². The van der Waals surface area contributed by atoms with Crippen molar-refractivity contribution in [2.24, 2.45) is 0 Å². The molecule has 1 aromatic carbocycles. The highest BCUT2D eigenvalue weighted by molar-refractivity contribution is 6.07. The molecule has 0 saturated heterocycles. The Morgan fingerprint density at radius 2 is 2.00 bits per heavy atom. The van der Waals surface area contributed by atoms with Crippen LogP contribution in [-0.2, 0) is 4.74 Å². The van der Waals surface area contributed by atoms with Gasteiger partial charge < -0.3 is 14.5 Å². The van der Waals surface area contributed by atoms with Gasteiger partial charge in [0.15, 0.2) is 5.89 Å². The van der Waals surface area contributed by atoms with Crippen LogP contribution in [0.5, 0.6) is 0 Å². The predicted octanol–water partition coefficient (Wildman–Crippen LogP) is 2.72. The molecule has 0 spiro atoms. The summed E-state index contributed by atoms with van der Waals surface area (Å²) in [6.45, 7) is 5.33. The van der Waals surface area contributed by atoms with Crippen molar-refractivity contribution < 1.29 is 18.7 Å². The third kappa shape index (κ3) is 3.28. The molecule has 0 fully saturated rings. The first-order valence-electron chi connectivity index (χ1n) is 6.54. The summed E-state index contributed by atoms with van der Waals surface area (Å²) in [5.74, 6) is -0.397. The van der Waals surface area contributed by atoms with E-state index in [2.05, 4.69) is 10.3 Å². The van der Waals surface area contributed by atoms with Gasteiger partial charge in [-0.1, -0.05) is 12.1 Å². The van der Waals surface area contributed by atoms with E-state index in [0.29, 0.717) is 22.8 Å². The number of anilines is 1. The highest BCUT2D eigenvalue weighted by Crippen LogP contribution is 2.18. The molecule has 0 unspecified atom stereocenters. The summed E-state index contributed by atoms with van der Waals surface area (Å²) in [4.78, 5) is 28.1. The maximum atomic E-state index is 12.2. The van der Waals surface area contributed by atoms with Gasteiger partial charge in [0.2, 0.25) is 5.76 Å². The fourth-order valence-corrected chi connectivity index (χ4v) is 1.90. The molecule has 0 aliphatic carbocycles. The fraction of sp³-hybridized carbons (Fsp3) is 0.267. The molecule has 6 heteroatoms. The largest absolute Gasteiger partial charge is 0.462 e. The van der Waals surface area contributed by atoms with E-state index in [4.69, 9.17) is 9.15 Å². The van der Waals surface area contributed by atoms with Crippen molar-refractivity contribution >= 4 is 17.6 Å². The summed E-state index contributed by atoms with van der Waals surface area (Å²) >= 11 is 0. The Balaban J connectivity index is 2.25. The van der Waals surface area contributed by atoms with Gasteiger partial charge in [-0.05, 0) is 26.0 Å². The Hall–Kier alpha value is -2.63. The number of hydrogen-bond acceptors (Lipinski definition) is 5. The number of rotatable bonds is 4. The van der Waals surface area contributed by atoms with Crippen LogP contribution in [0, 0.1) is 13.8 Å². The molecule has 6 nitrogen and oxygen atoms in total. The number of nitrogens with zero attached hydrogens (tertiary/aromatic N) is 1. The number of hydrogen-bond donors (Lipinski definition) is 1. The van der Waals surface area contributed by atoms with Crippen LogP contribution >= 0.6 is 0 Å². The lowest BCUT2D eigenvalue weighted by molar-refractivity contribution is 0.0527. The highest BCUT2D eigenvalue weighted by Gasteiger charge is 2.19. The topological polar surface area (TPSA) is 81.4 Å². The molecule has 2 aromatic rings. The number of amides is 1. The van der Waals surface area contributed by atoms with E-state index in [1.165, 1.54) is 0 Å². The van der Waals surface area contributed by atoms with Gasteiger partial charge in [0.25, 0.3) is 5.91 Å². The van der Waals surface area contributed by atoms with Crippen molar-refractivity contribution in [3.05, 3.63) is 47.2 Å². The van der Waals surface area contributed by atoms with Crippen molar-refractivity contribution in [3.63, 3.8) is 0 Å². The second-order valence-corrected chi connectivity index (χ2v) is 4.37. The van der Waals surface area contributed by atoms with Gasteiger partial charge in [-0.15, -0.1) is 0 Å². The summed E-state index contributed by atoms with van der Waals surface area (Å²) in [5, 5.41) is 2.65. The molecule has 1 N–H and O–H groups in total. The van der Waals surface area contributed by atoms with Crippen molar-refractivity contribution in [2.75, 3.05) is 11.9 Å². The predicted molar refractivity (Wildman–Crippen MR) is 76.3 cm³/mol. The normalized spacial score (nSPS) is 10.2. The van der Waals surface area contributed by atoms with E-state index in [1.54, 1.807) is 45.0 Å². The Bertz CT molecular complexity index is 676. The molecule has 110 valence electrons. The van der Waals surface area contributed by atoms with Crippen LogP contribution in [0.2, 0.25) is 0 Å². The van der Waals surface area contributed by atoms with Crippen molar-refractivity contribution in [2.45, 2.75) is 20.8 Å². The maximum absolute atomic E-state index is 12.2. The molecule has 0 aliphatic rings. The fourth-order valence-electron chi connectivity index (χ4n) is 1.90. The third-order valence-corrected chi connectivity index (χ3v) is 2.78. The number of ether oxygens (including phenoxy) is 1. The minimum atomic E-state index is -0.487. The number of aryl methyl sites for hydroxylation is 2. The minimum absolute atomic E-state index is 0.131. The molecule has 0 radical (unpaired) electrons. The second-order valence-electron chi connectivity index (χ2n) is 4.37. The molecule has 2 rings (SSSR count). The molecule has 0 aliphatic heterocycles. The van der Waals surface area contributed by atoms with Gasteiger partial charge in [-0.3, -0.25) is 4.79 Å². The summed E-state index contributed by atoms with van der Waals surface area (Å²) < 4.78 is 10.2. The Labute approximate surface area is 122 Å². The summed E-state index contributed by atoms with van der Waals surface area (Å²) in [6, 6.07) is 6.64. The van der Waals surface area contributed by atoms with Crippen LogP contribution in [0.3, 0.4) is 0 Å². The third-order valence-electron chi connectivity index (χ3n) is 2.78. The first-order valence-corrected chi connectivity index (χ1v) is 6.54. The Kier molecular flexibility index (Phi) is 4.37. The zero-order valence-electron chi connectivity index (χ0n) is 12.1. The average molecular weight is 288 g/mol. The first-order chi connectivity index (χ1) is 10.0. The smallest absolute Gasteiger partial charge is 0.340 e. The number of nitrogens with one attached hydrogen (secondary N) is 1. The molecule has 1 heterocycles. The van der Waals surface area contributed by atoms with E-state index >= 15 is 0 Å². The lowest BCUT2D eigenvalue weighted by Gasteiger charge is -2.09. The Morgan fingerprint density at radius 3 is 2.62 bits per heavy atom. The molecule has 0 atom stereocenters. The van der Waals surface area contributed by atoms with Gasteiger partial charge in [0, 0.05) is 6.92 Å². The van der Waals surface area contributed by atoms with Crippen LogP contribution < -0.4 is 5.32 Å². The van der Waals surface area contributed by atoms with Crippen molar-refractivity contribution in [1.82, 2.24) is 4.98 Å². The number of carbonyl (C=O) groups excluding carboxylic acids is 2. The van der Waals surface area contributed by atoms with Gasteiger partial charge in [0.05, 0.1) is 23.6 Å². The summed E-state index contributed by atoms with van der Waals surface area (Å²) in [5.41, 5.74) is 1.16.